The van der Waals surface area contributed by atoms with Crippen molar-refractivity contribution >= 4 is 17.5 Å². The number of carbonyl (C=O) groups is 2. The fourth-order valence-electron chi connectivity index (χ4n) is 2.75. The summed E-state index contributed by atoms with van der Waals surface area (Å²) in [5.74, 6) is -0.0800. The van der Waals surface area contributed by atoms with E-state index in [2.05, 4.69) is 22.8 Å². The van der Waals surface area contributed by atoms with E-state index < -0.39 is 0 Å². The number of rotatable bonds is 8. The van der Waals surface area contributed by atoms with E-state index in [1.54, 1.807) is 26.2 Å². The van der Waals surface area contributed by atoms with Crippen molar-refractivity contribution in [3.63, 3.8) is 0 Å². The number of aryl methyl sites for hydroxylation is 1. The Morgan fingerprint density at radius 3 is 2.19 bits per heavy atom. The molecule has 0 saturated carbocycles. The minimum Gasteiger partial charge on any atom is -0.374 e. The van der Waals surface area contributed by atoms with Gasteiger partial charge in [0.15, 0.2) is 0 Å². The van der Waals surface area contributed by atoms with Crippen LogP contribution in [0.15, 0.2) is 54.6 Å². The van der Waals surface area contributed by atoms with Gasteiger partial charge in [-0.1, -0.05) is 30.3 Å². The van der Waals surface area contributed by atoms with Crippen molar-refractivity contribution in [3.05, 3.63) is 65.7 Å². The van der Waals surface area contributed by atoms with E-state index in [4.69, 9.17) is 0 Å². The minimum absolute atomic E-state index is 0.0380. The lowest BCUT2D eigenvalue weighted by Gasteiger charge is -2.19. The van der Waals surface area contributed by atoms with Crippen LogP contribution in [0.2, 0.25) is 0 Å². The monoisotopic (exact) mass is 367 g/mol. The fourth-order valence-corrected chi connectivity index (χ4v) is 2.75. The fraction of sp³-hybridized carbons (Fsp3) is 0.364. The molecule has 2 amide bonds. The van der Waals surface area contributed by atoms with Crippen molar-refractivity contribution in [2.75, 3.05) is 19.4 Å². The number of carbonyl (C=O) groups excluding carboxylic acids is 2. The Balaban J connectivity index is 1.81. The molecule has 2 N–H and O–H groups in total. The standard InChI is InChI=1S/C22H29N3O2/c1-16(10-11-18-8-6-5-7-9-18)23-21(26)17(2)24-20-14-12-19(13-15-20)22(27)25(3)4/h5-9,12-17,24H,10-11H2,1-4H3,(H,23,26)/t16-,17-/m0/s1. The lowest BCUT2D eigenvalue weighted by molar-refractivity contribution is -0.122. The maximum absolute atomic E-state index is 12.4. The molecule has 144 valence electrons. The average molecular weight is 367 g/mol. The smallest absolute Gasteiger partial charge is 0.253 e. The molecule has 0 fully saturated rings. The molecule has 0 aliphatic heterocycles. The van der Waals surface area contributed by atoms with Crippen molar-refractivity contribution in [1.29, 1.82) is 0 Å². The summed E-state index contributed by atoms with van der Waals surface area (Å²) in [5.41, 5.74) is 2.71. The maximum Gasteiger partial charge on any atom is 0.253 e. The molecule has 0 bridgehead atoms. The van der Waals surface area contributed by atoms with Crippen LogP contribution >= 0.6 is 0 Å². The third kappa shape index (κ3) is 6.44. The van der Waals surface area contributed by atoms with Gasteiger partial charge >= 0.3 is 0 Å². The molecule has 5 nitrogen and oxygen atoms in total. The lowest BCUT2D eigenvalue weighted by Crippen LogP contribution is -2.42. The molecule has 2 rings (SSSR count). The second kappa shape index (κ2) is 9.76. The van der Waals surface area contributed by atoms with Gasteiger partial charge in [-0.15, -0.1) is 0 Å². The van der Waals surface area contributed by atoms with Gasteiger partial charge in [0, 0.05) is 31.4 Å². The number of amides is 2. The van der Waals surface area contributed by atoms with Crippen LogP contribution in [0, 0.1) is 0 Å². The van der Waals surface area contributed by atoms with Crippen LogP contribution in [-0.2, 0) is 11.2 Å². The zero-order chi connectivity index (χ0) is 19.8. The Morgan fingerprint density at radius 1 is 0.963 bits per heavy atom. The first-order chi connectivity index (χ1) is 12.9. The number of nitrogens with one attached hydrogen (secondary N) is 2. The van der Waals surface area contributed by atoms with Crippen LogP contribution in [0.1, 0.15) is 36.2 Å². The van der Waals surface area contributed by atoms with Crippen LogP contribution in [0.4, 0.5) is 5.69 Å². The number of hydrogen-bond acceptors (Lipinski definition) is 3. The number of hydrogen-bond donors (Lipinski definition) is 2. The van der Waals surface area contributed by atoms with Crippen molar-refractivity contribution < 1.29 is 9.59 Å². The molecule has 0 saturated heterocycles. The van der Waals surface area contributed by atoms with Crippen molar-refractivity contribution in [2.24, 2.45) is 0 Å². The van der Waals surface area contributed by atoms with Gasteiger partial charge in [-0.3, -0.25) is 9.59 Å². The first-order valence-corrected chi connectivity index (χ1v) is 9.29. The zero-order valence-electron chi connectivity index (χ0n) is 16.5. The molecule has 2 aromatic rings. The highest BCUT2D eigenvalue weighted by Gasteiger charge is 2.15. The van der Waals surface area contributed by atoms with E-state index in [0.29, 0.717) is 5.56 Å². The number of nitrogens with zero attached hydrogens (tertiary/aromatic N) is 1. The predicted molar refractivity (Wildman–Crippen MR) is 110 cm³/mol. The van der Waals surface area contributed by atoms with Crippen LogP contribution in [0.3, 0.4) is 0 Å². The summed E-state index contributed by atoms with van der Waals surface area (Å²) >= 11 is 0. The summed E-state index contributed by atoms with van der Waals surface area (Å²) in [6.07, 6.45) is 1.83. The van der Waals surface area contributed by atoms with Gasteiger partial charge in [-0.25, -0.2) is 0 Å². The van der Waals surface area contributed by atoms with E-state index in [9.17, 15) is 9.59 Å². The predicted octanol–water partition coefficient (Wildman–Crippen LogP) is 3.33. The summed E-state index contributed by atoms with van der Waals surface area (Å²) < 4.78 is 0. The summed E-state index contributed by atoms with van der Waals surface area (Å²) in [6, 6.07) is 17.2. The molecule has 0 unspecified atom stereocenters. The summed E-state index contributed by atoms with van der Waals surface area (Å²) in [5, 5.41) is 6.23. The second-order valence-electron chi connectivity index (χ2n) is 7.08. The first kappa shape index (κ1) is 20.5. The Kier molecular flexibility index (Phi) is 7.41. The molecule has 5 heteroatoms. The van der Waals surface area contributed by atoms with Gasteiger partial charge in [-0.05, 0) is 56.5 Å². The van der Waals surface area contributed by atoms with Gasteiger partial charge in [0.2, 0.25) is 5.91 Å². The van der Waals surface area contributed by atoms with Crippen LogP contribution in [-0.4, -0.2) is 42.9 Å². The molecular weight excluding hydrogens is 338 g/mol. The third-order valence-corrected chi connectivity index (χ3v) is 4.41. The molecule has 0 aromatic heterocycles. The molecule has 2 atom stereocenters. The van der Waals surface area contributed by atoms with Gasteiger partial charge in [0.25, 0.3) is 5.91 Å². The van der Waals surface area contributed by atoms with E-state index >= 15 is 0 Å². The Hall–Kier alpha value is -2.82. The van der Waals surface area contributed by atoms with Crippen LogP contribution in [0.25, 0.3) is 0 Å². The van der Waals surface area contributed by atoms with Crippen LogP contribution < -0.4 is 10.6 Å². The molecular formula is C22H29N3O2. The van der Waals surface area contributed by atoms with E-state index in [1.807, 2.05) is 44.2 Å². The Labute approximate surface area is 161 Å². The highest BCUT2D eigenvalue weighted by atomic mass is 16.2. The highest BCUT2D eigenvalue weighted by Crippen LogP contribution is 2.12. The van der Waals surface area contributed by atoms with Gasteiger partial charge in [0.1, 0.15) is 6.04 Å². The van der Waals surface area contributed by atoms with E-state index in [1.165, 1.54) is 10.5 Å². The van der Waals surface area contributed by atoms with Gasteiger partial charge < -0.3 is 15.5 Å². The normalized spacial score (nSPS) is 12.7. The third-order valence-electron chi connectivity index (χ3n) is 4.41. The van der Waals surface area contributed by atoms with E-state index in [-0.39, 0.29) is 23.9 Å². The summed E-state index contributed by atoms with van der Waals surface area (Å²) in [4.78, 5) is 25.8. The van der Waals surface area contributed by atoms with Crippen molar-refractivity contribution in [1.82, 2.24) is 10.2 Å². The summed E-state index contributed by atoms with van der Waals surface area (Å²) in [6.45, 7) is 3.85. The van der Waals surface area contributed by atoms with Crippen molar-refractivity contribution in [3.8, 4) is 0 Å². The topological polar surface area (TPSA) is 61.4 Å². The molecule has 0 heterocycles. The molecule has 0 aliphatic carbocycles. The van der Waals surface area contributed by atoms with Gasteiger partial charge in [0.05, 0.1) is 0 Å². The molecule has 0 spiro atoms. The largest absolute Gasteiger partial charge is 0.374 e. The number of benzene rings is 2. The van der Waals surface area contributed by atoms with Crippen molar-refractivity contribution in [2.45, 2.75) is 38.8 Å². The Bertz CT molecular complexity index is 742. The number of anilines is 1. The first-order valence-electron chi connectivity index (χ1n) is 9.29. The Morgan fingerprint density at radius 2 is 1.59 bits per heavy atom. The van der Waals surface area contributed by atoms with E-state index in [0.717, 1.165) is 18.5 Å². The molecule has 0 radical (unpaired) electrons. The second-order valence-corrected chi connectivity index (χ2v) is 7.08. The molecule has 2 aromatic carbocycles. The lowest BCUT2D eigenvalue weighted by atomic mass is 10.1. The molecule has 0 aliphatic rings. The minimum atomic E-state index is -0.362. The highest BCUT2D eigenvalue weighted by molar-refractivity contribution is 5.94. The molecule has 27 heavy (non-hydrogen) atoms. The van der Waals surface area contributed by atoms with Crippen LogP contribution in [0.5, 0.6) is 0 Å². The average Bonchev–Trinajstić information content (AvgIpc) is 2.67. The zero-order valence-corrected chi connectivity index (χ0v) is 16.5. The summed E-state index contributed by atoms with van der Waals surface area (Å²) in [7, 11) is 3.44. The maximum atomic E-state index is 12.4. The van der Waals surface area contributed by atoms with Gasteiger partial charge in [-0.2, -0.15) is 0 Å². The SMILES string of the molecule is C[C@H](Nc1ccc(C(=O)N(C)C)cc1)C(=O)N[C@@H](C)CCc1ccccc1. The quantitative estimate of drug-likeness (QED) is 0.752.